The van der Waals surface area contributed by atoms with Gasteiger partial charge < -0.3 is 9.47 Å². The van der Waals surface area contributed by atoms with Crippen molar-refractivity contribution in [1.82, 2.24) is 0 Å². The van der Waals surface area contributed by atoms with Crippen LogP contribution in [0.4, 0.5) is 0 Å². The zero-order valence-electron chi connectivity index (χ0n) is 20.7. The van der Waals surface area contributed by atoms with E-state index in [-0.39, 0.29) is 11.9 Å². The van der Waals surface area contributed by atoms with E-state index in [2.05, 4.69) is 52.0 Å². The lowest BCUT2D eigenvalue weighted by atomic mass is 9.87. The predicted molar refractivity (Wildman–Crippen MR) is 124 cm³/mol. The number of esters is 2. The van der Waals surface area contributed by atoms with Crippen molar-refractivity contribution in [3.8, 4) is 0 Å². The third-order valence-corrected chi connectivity index (χ3v) is 5.12. The minimum atomic E-state index is -0.242. The molecule has 0 fully saturated rings. The largest absolute Gasteiger partial charge is 0.427 e. The van der Waals surface area contributed by atoms with Crippen LogP contribution >= 0.6 is 0 Å². The van der Waals surface area contributed by atoms with E-state index in [1.54, 1.807) is 0 Å². The third-order valence-electron chi connectivity index (χ3n) is 5.12. The second-order valence-electron chi connectivity index (χ2n) is 8.31. The van der Waals surface area contributed by atoms with Crippen LogP contribution in [-0.2, 0) is 19.1 Å². The zero-order chi connectivity index (χ0) is 23.4. The summed E-state index contributed by atoms with van der Waals surface area (Å²) in [6, 6.07) is 0. The number of rotatable bonds is 4. The first-order valence-corrected chi connectivity index (χ1v) is 11.2. The van der Waals surface area contributed by atoms with Crippen molar-refractivity contribution >= 4 is 11.9 Å². The van der Waals surface area contributed by atoms with Crippen molar-refractivity contribution in [2.45, 2.75) is 82.1 Å². The molecule has 0 spiro atoms. The van der Waals surface area contributed by atoms with Gasteiger partial charge in [0.25, 0.3) is 0 Å². The van der Waals surface area contributed by atoms with E-state index in [1.165, 1.54) is 13.8 Å². The van der Waals surface area contributed by atoms with Gasteiger partial charge in [-0.25, -0.2) is 0 Å². The van der Waals surface area contributed by atoms with Crippen LogP contribution in [0.3, 0.4) is 0 Å². The van der Waals surface area contributed by atoms with Crippen LogP contribution < -0.4 is 0 Å². The lowest BCUT2D eigenvalue weighted by molar-refractivity contribution is -0.137. The van der Waals surface area contributed by atoms with Gasteiger partial charge in [0.2, 0.25) is 0 Å². The van der Waals surface area contributed by atoms with E-state index in [9.17, 15) is 9.59 Å². The summed E-state index contributed by atoms with van der Waals surface area (Å²) in [7, 11) is 0. The Kier molecular flexibility index (Phi) is 13.0. The highest BCUT2D eigenvalue weighted by Gasteiger charge is 2.19. The quantitative estimate of drug-likeness (QED) is 0.455. The Morgan fingerprint density at radius 1 is 0.767 bits per heavy atom. The number of carbonyl (C=O) groups is 2. The van der Waals surface area contributed by atoms with Crippen LogP contribution in [0.15, 0.2) is 47.0 Å². The summed E-state index contributed by atoms with van der Waals surface area (Å²) in [5.41, 5.74) is 2.13. The van der Waals surface area contributed by atoms with E-state index in [0.29, 0.717) is 23.7 Å². The Labute approximate surface area is 184 Å². The van der Waals surface area contributed by atoms with Crippen LogP contribution in [0.25, 0.3) is 0 Å². The molecule has 2 aliphatic rings. The van der Waals surface area contributed by atoms with Crippen LogP contribution in [0.2, 0.25) is 0 Å². The number of hydrogen-bond donors (Lipinski definition) is 0. The van der Waals surface area contributed by atoms with E-state index in [0.717, 1.165) is 35.5 Å². The first-order chi connectivity index (χ1) is 14.0. The second-order valence-corrected chi connectivity index (χ2v) is 8.31. The van der Waals surface area contributed by atoms with E-state index >= 15 is 0 Å². The van der Waals surface area contributed by atoms with Crippen molar-refractivity contribution in [3.05, 3.63) is 47.0 Å². The Morgan fingerprint density at radius 2 is 1.07 bits per heavy atom. The summed E-state index contributed by atoms with van der Waals surface area (Å²) in [5, 5.41) is 0. The molecular weight excluding hydrogens is 376 g/mol. The lowest BCUT2D eigenvalue weighted by Crippen LogP contribution is -2.12. The Hall–Kier alpha value is -2.10. The monoisotopic (exact) mass is 418 g/mol. The molecule has 0 aliphatic heterocycles. The molecule has 0 heterocycles. The fourth-order valence-corrected chi connectivity index (χ4v) is 3.08. The minimum absolute atomic E-state index is 0.242. The highest BCUT2D eigenvalue weighted by Crippen LogP contribution is 2.29. The highest BCUT2D eigenvalue weighted by atomic mass is 16.5. The SMILES string of the molecule is CC.CC(=O)OC1=C[C@@H](C(C)C)CC=C1C.CC(=O)OC1=C[C@@H](C(C)C)CC=C1C. The topological polar surface area (TPSA) is 52.6 Å². The molecular formula is C26H42O4. The van der Waals surface area contributed by atoms with Gasteiger partial charge >= 0.3 is 11.9 Å². The molecule has 2 atom stereocenters. The normalized spacial score (nSPS) is 20.4. The van der Waals surface area contributed by atoms with Gasteiger partial charge in [0, 0.05) is 13.8 Å². The summed E-state index contributed by atoms with van der Waals surface area (Å²) in [5.74, 6) is 3.16. The molecule has 0 amide bonds. The molecule has 0 aromatic rings. The maximum Gasteiger partial charge on any atom is 0.308 e. The average molecular weight is 419 g/mol. The molecule has 2 rings (SSSR count). The lowest BCUT2D eigenvalue weighted by Gasteiger charge is -2.22. The second kappa shape index (κ2) is 14.0. The Morgan fingerprint density at radius 3 is 1.30 bits per heavy atom. The maximum atomic E-state index is 10.8. The molecule has 4 heteroatoms. The molecule has 170 valence electrons. The van der Waals surface area contributed by atoms with E-state index in [1.807, 2.05) is 27.7 Å². The number of hydrogen-bond acceptors (Lipinski definition) is 4. The molecule has 4 nitrogen and oxygen atoms in total. The molecule has 0 unspecified atom stereocenters. The van der Waals surface area contributed by atoms with Crippen LogP contribution in [0, 0.1) is 23.7 Å². The average Bonchev–Trinajstić information content (AvgIpc) is 2.66. The van der Waals surface area contributed by atoms with Crippen molar-refractivity contribution < 1.29 is 19.1 Å². The number of carbonyl (C=O) groups excluding carboxylic acids is 2. The first kappa shape index (κ1) is 27.9. The van der Waals surface area contributed by atoms with E-state index in [4.69, 9.17) is 9.47 Å². The fourth-order valence-electron chi connectivity index (χ4n) is 3.08. The summed E-state index contributed by atoms with van der Waals surface area (Å²) in [6.45, 7) is 19.6. The number of ether oxygens (including phenoxy) is 2. The van der Waals surface area contributed by atoms with Crippen molar-refractivity contribution in [3.63, 3.8) is 0 Å². The molecule has 0 aromatic heterocycles. The molecule has 0 radical (unpaired) electrons. The van der Waals surface area contributed by atoms with E-state index < -0.39 is 0 Å². The predicted octanol–water partition coefficient (Wildman–Crippen LogP) is 7.14. The molecule has 30 heavy (non-hydrogen) atoms. The molecule has 2 aliphatic carbocycles. The standard InChI is InChI=1S/2C12H18O2.C2H6/c2*1-8(2)11-6-5-9(3)12(7-11)14-10(4)13;1-2/h2*5,7-8,11H,6H2,1-4H3;1-2H3/t2*11-;/m00./s1. The molecule has 0 aromatic carbocycles. The van der Waals surface area contributed by atoms with Crippen LogP contribution in [0.5, 0.6) is 0 Å². The maximum absolute atomic E-state index is 10.8. The van der Waals surface area contributed by atoms with Gasteiger partial charge in [0.05, 0.1) is 0 Å². The van der Waals surface area contributed by atoms with Crippen molar-refractivity contribution in [2.24, 2.45) is 23.7 Å². The minimum Gasteiger partial charge on any atom is -0.427 e. The van der Waals surface area contributed by atoms with Crippen LogP contribution in [0.1, 0.15) is 82.1 Å². The summed E-state index contributed by atoms with van der Waals surface area (Å²) in [6.07, 6.45) is 10.5. The van der Waals surface area contributed by atoms with Crippen LogP contribution in [-0.4, -0.2) is 11.9 Å². The van der Waals surface area contributed by atoms with Gasteiger partial charge in [0.15, 0.2) is 0 Å². The van der Waals surface area contributed by atoms with Crippen molar-refractivity contribution in [2.75, 3.05) is 0 Å². The number of allylic oxidation sites excluding steroid dienone is 6. The molecule has 0 N–H and O–H groups in total. The Bertz CT molecular complexity index is 630. The van der Waals surface area contributed by atoms with Gasteiger partial charge in [-0.15, -0.1) is 0 Å². The zero-order valence-corrected chi connectivity index (χ0v) is 20.7. The third kappa shape index (κ3) is 10.1. The van der Waals surface area contributed by atoms with Gasteiger partial charge in [-0.3, -0.25) is 9.59 Å². The molecule has 0 saturated carbocycles. The molecule has 0 saturated heterocycles. The summed E-state index contributed by atoms with van der Waals surface area (Å²) in [4.78, 5) is 21.7. The van der Waals surface area contributed by atoms with Crippen molar-refractivity contribution in [1.29, 1.82) is 0 Å². The van der Waals surface area contributed by atoms with Gasteiger partial charge in [-0.2, -0.15) is 0 Å². The van der Waals surface area contributed by atoms with Gasteiger partial charge in [0.1, 0.15) is 11.5 Å². The Balaban J connectivity index is 0.000000518. The van der Waals surface area contributed by atoms with Gasteiger partial charge in [-0.1, -0.05) is 53.7 Å². The van der Waals surface area contributed by atoms with Gasteiger partial charge in [-0.05, 0) is 73.7 Å². The summed E-state index contributed by atoms with van der Waals surface area (Å²) >= 11 is 0. The summed E-state index contributed by atoms with van der Waals surface area (Å²) < 4.78 is 10.3. The fraction of sp³-hybridized carbons (Fsp3) is 0.615. The first-order valence-electron chi connectivity index (χ1n) is 11.2. The molecule has 0 bridgehead atoms. The smallest absolute Gasteiger partial charge is 0.308 e. The highest BCUT2D eigenvalue weighted by molar-refractivity contribution is 5.68.